The van der Waals surface area contributed by atoms with Crippen molar-refractivity contribution in [2.75, 3.05) is 0 Å². The molecule has 0 aliphatic rings. The Hall–Kier alpha value is -2.61. The zero-order valence-corrected chi connectivity index (χ0v) is 21.4. The minimum Gasteiger partial charge on any atom is -0.455 e. The summed E-state index contributed by atoms with van der Waals surface area (Å²) >= 11 is 0. The van der Waals surface area contributed by atoms with Gasteiger partial charge in [-0.05, 0) is 53.7 Å². The van der Waals surface area contributed by atoms with E-state index in [9.17, 15) is 14.4 Å². The molecule has 1 aromatic heterocycles. The number of hydrogen-bond donors (Lipinski definition) is 1. The number of aromatic nitrogens is 1. The number of esters is 1. The third-order valence-corrected chi connectivity index (χ3v) is 4.60. The second kappa shape index (κ2) is 11.5. The summed E-state index contributed by atoms with van der Waals surface area (Å²) in [5.41, 5.74) is 1.000. The van der Waals surface area contributed by atoms with E-state index in [0.717, 1.165) is 0 Å². The van der Waals surface area contributed by atoms with Crippen LogP contribution in [0.4, 0.5) is 0 Å². The molecule has 0 radical (unpaired) electrons. The van der Waals surface area contributed by atoms with E-state index in [-0.39, 0.29) is 36.0 Å². The molecule has 1 N–H and O–H groups in total. The van der Waals surface area contributed by atoms with Crippen LogP contribution in [0.25, 0.3) is 0 Å². The van der Waals surface area contributed by atoms with E-state index >= 15 is 0 Å². The van der Waals surface area contributed by atoms with Crippen LogP contribution in [0.2, 0.25) is 0 Å². The van der Waals surface area contributed by atoms with Gasteiger partial charge in [0.25, 0.3) is 5.91 Å². The van der Waals surface area contributed by atoms with Gasteiger partial charge in [0.15, 0.2) is 0 Å². The molecule has 0 bridgehead atoms. The molecule has 1 aromatic rings. The number of ketones is 1. The van der Waals surface area contributed by atoms with Crippen LogP contribution in [0.1, 0.15) is 91.9 Å². The number of Topliss-reactive ketones (excluding diaryl/α,β-unsaturated/α-hetero) is 1. The lowest BCUT2D eigenvalue weighted by Gasteiger charge is -2.32. The second-order valence-electron chi connectivity index (χ2n) is 10.8. The molecule has 0 spiro atoms. The zero-order valence-electron chi connectivity index (χ0n) is 21.4. The molecular weight excluding hydrogens is 422 g/mol. The molecule has 8 nitrogen and oxygen atoms in total. The van der Waals surface area contributed by atoms with Crippen LogP contribution in [-0.4, -0.2) is 45.7 Å². The lowest BCUT2D eigenvalue weighted by Crippen LogP contribution is -2.38. The van der Waals surface area contributed by atoms with E-state index < -0.39 is 22.9 Å². The molecule has 8 heteroatoms. The molecular formula is C25H39N3O5. The molecule has 0 aromatic carbocycles. The van der Waals surface area contributed by atoms with Gasteiger partial charge in [-0.3, -0.25) is 14.6 Å². The summed E-state index contributed by atoms with van der Waals surface area (Å²) in [7, 11) is 0. The van der Waals surface area contributed by atoms with E-state index in [1.54, 1.807) is 13.8 Å². The van der Waals surface area contributed by atoms with Gasteiger partial charge < -0.3 is 9.47 Å². The third-order valence-electron chi connectivity index (χ3n) is 4.60. The molecule has 184 valence electrons. The maximum Gasteiger partial charge on any atom is 0.355 e. The van der Waals surface area contributed by atoms with Crippen LogP contribution in [-0.2, 0) is 19.1 Å². The summed E-state index contributed by atoms with van der Waals surface area (Å²) < 4.78 is 11.7. The minimum atomic E-state index is -0.842. The average molecular weight is 462 g/mol. The number of ether oxygens (including phenoxy) is 2. The van der Waals surface area contributed by atoms with Gasteiger partial charge in [-0.1, -0.05) is 20.8 Å². The molecule has 33 heavy (non-hydrogen) atoms. The number of amides is 1. The van der Waals surface area contributed by atoms with Crippen molar-refractivity contribution in [3.05, 3.63) is 30.1 Å². The fourth-order valence-corrected chi connectivity index (χ4v) is 3.19. The fraction of sp³-hybridized carbons (Fsp3) is 0.640. The maximum atomic E-state index is 13.0. The SMILES string of the molecule is CC(CC(C)(C)OC(=O)/C(CCC(=O)C(C)(C)C)=N\NC(=O)c1ccncc1)OC(C)(C)C. The van der Waals surface area contributed by atoms with Crippen LogP contribution in [0.15, 0.2) is 29.6 Å². The summed E-state index contributed by atoms with van der Waals surface area (Å²) in [6, 6.07) is 3.07. The van der Waals surface area contributed by atoms with Crippen molar-refractivity contribution in [3.63, 3.8) is 0 Å². The number of rotatable bonds is 10. The van der Waals surface area contributed by atoms with Gasteiger partial charge in [-0.25, -0.2) is 10.2 Å². The third kappa shape index (κ3) is 11.2. The summed E-state index contributed by atoms with van der Waals surface area (Å²) in [4.78, 5) is 41.6. The highest BCUT2D eigenvalue weighted by Crippen LogP contribution is 2.23. The van der Waals surface area contributed by atoms with Crippen LogP contribution in [0.5, 0.6) is 0 Å². The van der Waals surface area contributed by atoms with Crippen molar-refractivity contribution in [2.45, 2.75) is 98.9 Å². The molecule has 1 unspecified atom stereocenters. The summed E-state index contributed by atoms with van der Waals surface area (Å²) in [6.07, 6.45) is 3.44. The first-order valence-electron chi connectivity index (χ1n) is 11.2. The van der Waals surface area contributed by atoms with E-state index in [1.165, 1.54) is 24.5 Å². The lowest BCUT2D eigenvalue weighted by atomic mass is 9.88. The minimum absolute atomic E-state index is 0.0186. The van der Waals surface area contributed by atoms with Crippen LogP contribution in [0.3, 0.4) is 0 Å². The second-order valence-corrected chi connectivity index (χ2v) is 10.8. The highest BCUT2D eigenvalue weighted by Gasteiger charge is 2.31. The smallest absolute Gasteiger partial charge is 0.355 e. The molecule has 1 heterocycles. The Bertz CT molecular complexity index is 849. The predicted molar refractivity (Wildman–Crippen MR) is 128 cm³/mol. The van der Waals surface area contributed by atoms with Crippen molar-refractivity contribution >= 4 is 23.4 Å². The fourth-order valence-electron chi connectivity index (χ4n) is 3.19. The van der Waals surface area contributed by atoms with Gasteiger partial charge in [-0.15, -0.1) is 0 Å². The maximum absolute atomic E-state index is 13.0. The van der Waals surface area contributed by atoms with Gasteiger partial charge in [0.05, 0.1) is 11.7 Å². The lowest BCUT2D eigenvalue weighted by molar-refractivity contribution is -0.153. The van der Waals surface area contributed by atoms with Crippen LogP contribution >= 0.6 is 0 Å². The van der Waals surface area contributed by atoms with Gasteiger partial charge in [0, 0.05) is 42.6 Å². The quantitative estimate of drug-likeness (QED) is 0.313. The van der Waals surface area contributed by atoms with Crippen LogP contribution < -0.4 is 5.43 Å². The first-order chi connectivity index (χ1) is 15.0. The topological polar surface area (TPSA) is 107 Å². The molecule has 0 saturated carbocycles. The van der Waals surface area contributed by atoms with Gasteiger partial charge in [-0.2, -0.15) is 5.10 Å². The number of pyridine rings is 1. The molecule has 1 atom stereocenters. The first kappa shape index (κ1) is 28.4. The predicted octanol–water partition coefficient (Wildman–Crippen LogP) is 4.48. The Balaban J connectivity index is 2.97. The number of carbonyl (C=O) groups excluding carboxylic acids is 3. The van der Waals surface area contributed by atoms with Crippen molar-refractivity contribution in [2.24, 2.45) is 10.5 Å². The van der Waals surface area contributed by atoms with Gasteiger partial charge in [0.1, 0.15) is 17.1 Å². The number of hydrazone groups is 1. The Labute approximate surface area is 197 Å². The van der Waals surface area contributed by atoms with E-state index in [2.05, 4.69) is 15.5 Å². The highest BCUT2D eigenvalue weighted by atomic mass is 16.6. The zero-order chi connectivity index (χ0) is 25.4. The number of nitrogens with one attached hydrogen (secondary N) is 1. The summed E-state index contributed by atoms with van der Waals surface area (Å²) in [6.45, 7) is 16.8. The van der Waals surface area contributed by atoms with Crippen LogP contribution in [0, 0.1) is 5.41 Å². The Morgan fingerprint density at radius 1 is 1.00 bits per heavy atom. The van der Waals surface area contributed by atoms with Crippen molar-refractivity contribution in [3.8, 4) is 0 Å². The van der Waals surface area contributed by atoms with Crippen molar-refractivity contribution in [1.29, 1.82) is 0 Å². The van der Waals surface area contributed by atoms with E-state index in [4.69, 9.17) is 9.47 Å². The number of nitrogens with zero attached hydrogens (tertiary/aromatic N) is 2. The average Bonchev–Trinajstić information content (AvgIpc) is 2.64. The summed E-state index contributed by atoms with van der Waals surface area (Å²) in [5, 5.41) is 4.02. The Morgan fingerprint density at radius 3 is 2.09 bits per heavy atom. The van der Waals surface area contributed by atoms with Gasteiger partial charge >= 0.3 is 5.97 Å². The number of hydrogen-bond acceptors (Lipinski definition) is 7. The van der Waals surface area contributed by atoms with Crippen molar-refractivity contribution < 1.29 is 23.9 Å². The largest absolute Gasteiger partial charge is 0.455 e. The van der Waals surface area contributed by atoms with Gasteiger partial charge in [0.2, 0.25) is 0 Å². The molecule has 0 saturated heterocycles. The molecule has 0 fully saturated rings. The van der Waals surface area contributed by atoms with E-state index in [0.29, 0.717) is 12.0 Å². The summed E-state index contributed by atoms with van der Waals surface area (Å²) in [5.74, 6) is -1.19. The highest BCUT2D eigenvalue weighted by molar-refractivity contribution is 6.37. The van der Waals surface area contributed by atoms with Crippen molar-refractivity contribution in [1.82, 2.24) is 10.4 Å². The first-order valence-corrected chi connectivity index (χ1v) is 11.2. The molecule has 1 rings (SSSR count). The number of carbonyl (C=O) groups is 3. The standard InChI is InChI=1S/C25H39N3O5/c1-17(32-24(5,6)7)16-25(8,9)33-22(31)19(10-11-20(29)23(2,3)4)27-28-21(30)18-12-14-26-15-13-18/h12-15,17H,10-11,16H2,1-9H3,(H,28,30)/b27-19-. The molecule has 0 aliphatic heterocycles. The molecule has 0 aliphatic carbocycles. The Kier molecular flexibility index (Phi) is 9.90. The Morgan fingerprint density at radius 2 is 1.58 bits per heavy atom. The van der Waals surface area contributed by atoms with E-state index in [1.807, 2.05) is 48.5 Å². The monoisotopic (exact) mass is 461 g/mol. The normalized spacial score (nSPS) is 13.9. The molecule has 1 amide bonds.